The van der Waals surface area contributed by atoms with Crippen molar-refractivity contribution in [3.05, 3.63) is 77.5 Å². The van der Waals surface area contributed by atoms with E-state index in [1.54, 1.807) is 0 Å². The van der Waals surface area contributed by atoms with Crippen LogP contribution < -0.4 is 0 Å². The molecule has 4 heterocycles. The highest BCUT2D eigenvalue weighted by molar-refractivity contribution is 6.06. The van der Waals surface area contributed by atoms with Crippen molar-refractivity contribution < 1.29 is 4.79 Å². The van der Waals surface area contributed by atoms with Crippen LogP contribution in [0.1, 0.15) is 59.3 Å². The second-order valence-electron chi connectivity index (χ2n) is 9.40. The Morgan fingerprint density at radius 1 is 0.912 bits per heavy atom. The number of carbonyl (C=O) groups is 1. The van der Waals surface area contributed by atoms with Gasteiger partial charge in [0.15, 0.2) is 5.78 Å². The van der Waals surface area contributed by atoms with Crippen molar-refractivity contribution in [3.8, 4) is 11.1 Å². The third-order valence-corrected chi connectivity index (χ3v) is 6.63. The highest BCUT2D eigenvalue weighted by Gasteiger charge is 2.16. The SMILES string of the molecule is Cc1cncc(CCC(=O)c2n[nH]c3ccc(-c4cncc(CN5CCCCCC5)c4)cc23)c1. The Kier molecular flexibility index (Phi) is 6.77. The zero-order chi connectivity index (χ0) is 23.3. The van der Waals surface area contributed by atoms with Gasteiger partial charge in [-0.2, -0.15) is 5.10 Å². The molecule has 6 nitrogen and oxygen atoms in total. The van der Waals surface area contributed by atoms with Gasteiger partial charge >= 0.3 is 0 Å². The van der Waals surface area contributed by atoms with Crippen LogP contribution in [0.15, 0.2) is 55.1 Å². The molecule has 0 aliphatic carbocycles. The maximum Gasteiger partial charge on any atom is 0.184 e. The number of benzene rings is 1. The highest BCUT2D eigenvalue weighted by atomic mass is 16.1. The lowest BCUT2D eigenvalue weighted by Crippen LogP contribution is -2.24. The number of nitrogens with zero attached hydrogens (tertiary/aromatic N) is 4. The average molecular weight is 454 g/mol. The lowest BCUT2D eigenvalue weighted by Gasteiger charge is -2.19. The molecule has 0 amide bonds. The molecule has 0 unspecified atom stereocenters. The van der Waals surface area contributed by atoms with Crippen LogP contribution in [0, 0.1) is 6.92 Å². The van der Waals surface area contributed by atoms with Gasteiger partial charge in [-0.1, -0.05) is 25.0 Å². The van der Waals surface area contributed by atoms with E-state index in [-0.39, 0.29) is 5.78 Å². The standard InChI is InChI=1S/C28H31N5O/c1-20-12-21(16-29-15-20)6-9-27(34)28-25-14-23(7-8-26(25)31-32-28)24-13-22(17-30-18-24)19-33-10-4-2-3-5-11-33/h7-8,12-18H,2-6,9-11,19H2,1H3,(H,31,32). The van der Waals surface area contributed by atoms with Gasteiger partial charge in [0, 0.05) is 48.7 Å². The summed E-state index contributed by atoms with van der Waals surface area (Å²) >= 11 is 0. The normalized spacial score (nSPS) is 14.9. The van der Waals surface area contributed by atoms with Crippen LogP contribution in [0.4, 0.5) is 0 Å². The molecule has 4 aromatic rings. The van der Waals surface area contributed by atoms with Crippen LogP contribution in [-0.2, 0) is 13.0 Å². The zero-order valence-electron chi connectivity index (χ0n) is 19.8. The van der Waals surface area contributed by atoms with Crippen molar-refractivity contribution >= 4 is 16.7 Å². The number of ketones is 1. The van der Waals surface area contributed by atoms with E-state index in [9.17, 15) is 4.79 Å². The summed E-state index contributed by atoms with van der Waals surface area (Å²) in [4.78, 5) is 24.3. The molecule has 5 rings (SSSR count). The maximum absolute atomic E-state index is 13.0. The van der Waals surface area contributed by atoms with Gasteiger partial charge in [-0.15, -0.1) is 0 Å². The molecule has 1 saturated heterocycles. The van der Waals surface area contributed by atoms with E-state index >= 15 is 0 Å². The fourth-order valence-electron chi connectivity index (χ4n) is 4.82. The van der Waals surface area contributed by atoms with Gasteiger partial charge in [0.2, 0.25) is 0 Å². The second-order valence-corrected chi connectivity index (χ2v) is 9.40. The number of carbonyl (C=O) groups excluding carboxylic acids is 1. The summed E-state index contributed by atoms with van der Waals surface area (Å²) < 4.78 is 0. The predicted octanol–water partition coefficient (Wildman–Crippen LogP) is 5.52. The third kappa shape index (κ3) is 5.23. The lowest BCUT2D eigenvalue weighted by atomic mass is 10.0. The number of aromatic nitrogens is 4. The van der Waals surface area contributed by atoms with Gasteiger partial charge in [-0.3, -0.25) is 24.8 Å². The summed E-state index contributed by atoms with van der Waals surface area (Å²) in [6.07, 6.45) is 13.8. The van der Waals surface area contributed by atoms with E-state index in [4.69, 9.17) is 0 Å². The number of aryl methyl sites for hydroxylation is 2. The van der Waals surface area contributed by atoms with Gasteiger partial charge < -0.3 is 0 Å². The first-order valence-electron chi connectivity index (χ1n) is 12.2. The average Bonchev–Trinajstić information content (AvgIpc) is 3.11. The summed E-state index contributed by atoms with van der Waals surface area (Å²) in [6.45, 7) is 5.27. The molecule has 0 saturated carbocycles. The molecule has 34 heavy (non-hydrogen) atoms. The molecule has 174 valence electrons. The van der Waals surface area contributed by atoms with Gasteiger partial charge in [0.05, 0.1) is 5.52 Å². The molecular formula is C28H31N5O. The van der Waals surface area contributed by atoms with Crippen LogP contribution in [0.2, 0.25) is 0 Å². The van der Waals surface area contributed by atoms with Gasteiger partial charge in [-0.25, -0.2) is 0 Å². The van der Waals surface area contributed by atoms with Crippen molar-refractivity contribution in [2.75, 3.05) is 13.1 Å². The Morgan fingerprint density at radius 3 is 2.53 bits per heavy atom. The second kappa shape index (κ2) is 10.3. The lowest BCUT2D eigenvalue weighted by molar-refractivity contribution is 0.0979. The minimum absolute atomic E-state index is 0.0398. The Balaban J connectivity index is 1.35. The number of nitrogens with one attached hydrogen (secondary N) is 1. The van der Waals surface area contributed by atoms with Crippen molar-refractivity contribution in [3.63, 3.8) is 0 Å². The summed E-state index contributed by atoms with van der Waals surface area (Å²) in [5, 5.41) is 8.24. The van der Waals surface area contributed by atoms with E-state index < -0.39 is 0 Å². The monoisotopic (exact) mass is 453 g/mol. The Morgan fingerprint density at radius 2 is 1.71 bits per heavy atom. The van der Waals surface area contributed by atoms with E-state index in [0.29, 0.717) is 18.5 Å². The van der Waals surface area contributed by atoms with Crippen LogP contribution in [-0.4, -0.2) is 43.9 Å². The van der Waals surface area contributed by atoms with Crippen molar-refractivity contribution in [2.24, 2.45) is 0 Å². The van der Waals surface area contributed by atoms with E-state index in [0.717, 1.165) is 52.8 Å². The first kappa shape index (κ1) is 22.4. The van der Waals surface area contributed by atoms with Crippen LogP contribution >= 0.6 is 0 Å². The highest BCUT2D eigenvalue weighted by Crippen LogP contribution is 2.27. The Bertz CT molecular complexity index is 1290. The molecule has 1 fully saturated rings. The molecule has 1 aromatic carbocycles. The number of hydrogen-bond acceptors (Lipinski definition) is 5. The van der Waals surface area contributed by atoms with Crippen molar-refractivity contribution in [2.45, 2.75) is 52.0 Å². The quantitative estimate of drug-likeness (QED) is 0.373. The smallest absolute Gasteiger partial charge is 0.184 e. The summed E-state index contributed by atoms with van der Waals surface area (Å²) in [7, 11) is 0. The number of pyridine rings is 2. The molecule has 0 bridgehead atoms. The first-order chi connectivity index (χ1) is 16.7. The van der Waals surface area contributed by atoms with Gasteiger partial charge in [0.25, 0.3) is 0 Å². The minimum atomic E-state index is 0.0398. The third-order valence-electron chi connectivity index (χ3n) is 6.63. The van der Waals surface area contributed by atoms with Crippen molar-refractivity contribution in [1.29, 1.82) is 0 Å². The molecule has 0 atom stereocenters. The summed E-state index contributed by atoms with van der Waals surface area (Å²) in [5.74, 6) is 0.0398. The number of aromatic amines is 1. The number of H-pyrrole nitrogens is 1. The van der Waals surface area contributed by atoms with Crippen LogP contribution in [0.5, 0.6) is 0 Å². The zero-order valence-corrected chi connectivity index (χ0v) is 19.8. The number of likely N-dealkylation sites (tertiary alicyclic amines) is 1. The first-order valence-corrected chi connectivity index (χ1v) is 12.2. The number of fused-ring (bicyclic) bond motifs is 1. The van der Waals surface area contributed by atoms with Gasteiger partial charge in [0.1, 0.15) is 5.69 Å². The molecule has 0 radical (unpaired) electrons. The molecule has 3 aromatic heterocycles. The summed E-state index contributed by atoms with van der Waals surface area (Å²) in [5.41, 5.74) is 6.90. The fourth-order valence-corrected chi connectivity index (χ4v) is 4.82. The largest absolute Gasteiger partial charge is 0.299 e. The van der Waals surface area contributed by atoms with Crippen LogP contribution in [0.3, 0.4) is 0 Å². The molecule has 1 aliphatic rings. The molecule has 0 spiro atoms. The Hall–Kier alpha value is -3.38. The van der Waals surface area contributed by atoms with E-state index in [2.05, 4.69) is 49.3 Å². The van der Waals surface area contributed by atoms with E-state index in [1.807, 2.05) is 37.8 Å². The predicted molar refractivity (Wildman–Crippen MR) is 135 cm³/mol. The van der Waals surface area contributed by atoms with Crippen LogP contribution in [0.25, 0.3) is 22.0 Å². The Labute approximate surface area is 200 Å². The number of Topliss-reactive ketones (excluding diaryl/α,β-unsaturated/α-hetero) is 1. The molecule has 6 heteroatoms. The topological polar surface area (TPSA) is 74.8 Å². The maximum atomic E-state index is 13.0. The molecule has 1 N–H and O–H groups in total. The van der Waals surface area contributed by atoms with Crippen molar-refractivity contribution in [1.82, 2.24) is 25.1 Å². The van der Waals surface area contributed by atoms with E-state index in [1.165, 1.54) is 31.2 Å². The van der Waals surface area contributed by atoms with Gasteiger partial charge in [-0.05, 0) is 79.7 Å². The number of rotatable bonds is 7. The minimum Gasteiger partial charge on any atom is -0.299 e. The molecule has 1 aliphatic heterocycles. The fraction of sp³-hybridized carbons (Fsp3) is 0.357. The summed E-state index contributed by atoms with van der Waals surface area (Å²) in [6, 6.07) is 10.4. The molecular weight excluding hydrogens is 422 g/mol. The number of hydrogen-bond donors (Lipinski definition) is 1.